The van der Waals surface area contributed by atoms with Crippen LogP contribution in [0.4, 0.5) is 10.5 Å². The highest BCUT2D eigenvalue weighted by molar-refractivity contribution is 5.94. The van der Waals surface area contributed by atoms with E-state index in [2.05, 4.69) is 53.8 Å². The van der Waals surface area contributed by atoms with Gasteiger partial charge in [0.1, 0.15) is 5.75 Å². The molecular weight excluding hydrogens is 518 g/mol. The van der Waals surface area contributed by atoms with Crippen molar-refractivity contribution >= 4 is 29.8 Å². The molecule has 2 atom stereocenters. The number of H-pyrrole nitrogens is 1. The molecule has 2 unspecified atom stereocenters. The van der Waals surface area contributed by atoms with Gasteiger partial charge in [-0.2, -0.15) is 0 Å². The van der Waals surface area contributed by atoms with Crippen LogP contribution in [0.3, 0.4) is 0 Å². The molecule has 8 heteroatoms. The second-order valence-electron chi connectivity index (χ2n) is 10.4. The molecule has 5 rings (SSSR count). The number of rotatable bonds is 5. The summed E-state index contributed by atoms with van der Waals surface area (Å²) < 4.78 is 10.3. The Morgan fingerprint density at radius 2 is 1.98 bits per heavy atom. The van der Waals surface area contributed by atoms with Gasteiger partial charge in [-0.05, 0) is 67.2 Å². The van der Waals surface area contributed by atoms with Crippen LogP contribution in [0.2, 0.25) is 0 Å². The molecule has 41 heavy (non-hydrogen) atoms. The van der Waals surface area contributed by atoms with E-state index in [9.17, 15) is 9.59 Å². The molecule has 216 valence electrons. The number of para-hydroxylation sites is 1. The number of aliphatic hydroxyl groups excluding tert-OH is 1. The number of hydrogen-bond acceptors (Lipinski definition) is 5. The van der Waals surface area contributed by atoms with Crippen LogP contribution < -0.4 is 10.1 Å². The standard InChI is InChI=1S/C27H28N2O3.C6H11NO2/c1-17-8-7-9-19(20-12-13-24(18(2)14-20)29-27(30)32-4)15-22-23(16-28-26(17)22)21-10-5-6-11-25(21)31-3;8-5-7-3-1-2-6(9)4-7/h5-7,9-17,28H,8H2,1-4H3,(H,29,30);5-6,9H,1-4H2/b9-7+,19-15+;. The maximum Gasteiger partial charge on any atom is 0.411 e. The van der Waals surface area contributed by atoms with Gasteiger partial charge in [0.25, 0.3) is 0 Å². The molecule has 0 saturated carbocycles. The van der Waals surface area contributed by atoms with Crippen LogP contribution >= 0.6 is 0 Å². The number of amides is 2. The summed E-state index contributed by atoms with van der Waals surface area (Å²) in [5.41, 5.74) is 8.48. The topological polar surface area (TPSA) is 104 Å². The molecule has 3 aromatic rings. The fourth-order valence-electron chi connectivity index (χ4n) is 5.23. The number of aromatic nitrogens is 1. The number of aromatic amines is 1. The van der Waals surface area contributed by atoms with Crippen LogP contribution in [-0.2, 0) is 9.53 Å². The zero-order valence-electron chi connectivity index (χ0n) is 24.1. The predicted octanol–water partition coefficient (Wildman–Crippen LogP) is 6.38. The zero-order valence-corrected chi connectivity index (χ0v) is 24.1. The first-order chi connectivity index (χ1) is 19.8. The second-order valence-corrected chi connectivity index (χ2v) is 10.4. The van der Waals surface area contributed by atoms with Crippen molar-refractivity contribution < 1.29 is 24.2 Å². The molecule has 1 fully saturated rings. The summed E-state index contributed by atoms with van der Waals surface area (Å²) in [5.74, 6) is 1.22. The Morgan fingerprint density at radius 1 is 1.17 bits per heavy atom. The maximum atomic E-state index is 11.6. The molecule has 0 bridgehead atoms. The van der Waals surface area contributed by atoms with E-state index >= 15 is 0 Å². The molecule has 2 heterocycles. The van der Waals surface area contributed by atoms with Gasteiger partial charge < -0.3 is 24.5 Å². The summed E-state index contributed by atoms with van der Waals surface area (Å²) in [6.45, 7) is 5.54. The molecule has 8 nitrogen and oxygen atoms in total. The van der Waals surface area contributed by atoms with Crippen molar-refractivity contribution in [2.24, 2.45) is 0 Å². The molecule has 2 aliphatic rings. The Kier molecular flexibility index (Phi) is 10.0. The highest BCUT2D eigenvalue weighted by atomic mass is 16.5. The minimum atomic E-state index is -0.474. The van der Waals surface area contributed by atoms with Crippen molar-refractivity contribution in [1.29, 1.82) is 0 Å². The largest absolute Gasteiger partial charge is 0.496 e. The van der Waals surface area contributed by atoms with E-state index in [1.807, 2.05) is 37.3 Å². The summed E-state index contributed by atoms with van der Waals surface area (Å²) in [7, 11) is 3.06. The summed E-state index contributed by atoms with van der Waals surface area (Å²) in [5, 5.41) is 11.8. The average Bonchev–Trinajstić information content (AvgIpc) is 3.39. The van der Waals surface area contributed by atoms with Crippen LogP contribution in [0.1, 0.15) is 54.5 Å². The number of benzene rings is 2. The van der Waals surface area contributed by atoms with E-state index < -0.39 is 6.09 Å². The molecule has 0 radical (unpaired) electrons. The molecule has 1 aromatic heterocycles. The first kappa shape index (κ1) is 29.7. The van der Waals surface area contributed by atoms with Crippen LogP contribution in [0.25, 0.3) is 22.8 Å². The number of carbonyl (C=O) groups is 2. The number of aliphatic hydroxyl groups is 1. The van der Waals surface area contributed by atoms with E-state index in [1.165, 1.54) is 18.4 Å². The smallest absolute Gasteiger partial charge is 0.411 e. The van der Waals surface area contributed by atoms with Crippen molar-refractivity contribution in [2.45, 2.75) is 45.1 Å². The third-order valence-electron chi connectivity index (χ3n) is 7.49. The predicted molar refractivity (Wildman–Crippen MR) is 163 cm³/mol. The van der Waals surface area contributed by atoms with Gasteiger partial charge in [0.15, 0.2) is 0 Å². The van der Waals surface area contributed by atoms with E-state index in [1.54, 1.807) is 12.0 Å². The minimum absolute atomic E-state index is 0.288. The molecule has 1 aliphatic heterocycles. The van der Waals surface area contributed by atoms with Crippen molar-refractivity contribution in [2.75, 3.05) is 32.6 Å². The number of allylic oxidation sites excluding steroid dienone is 3. The number of likely N-dealkylation sites (tertiary alicyclic amines) is 1. The molecule has 1 aliphatic carbocycles. The Morgan fingerprint density at radius 3 is 2.66 bits per heavy atom. The number of piperidine rings is 1. The number of aryl methyl sites for hydroxylation is 1. The van der Waals surface area contributed by atoms with Crippen molar-refractivity contribution in [3.05, 3.63) is 83.2 Å². The number of methoxy groups -OCH3 is 2. The highest BCUT2D eigenvalue weighted by Crippen LogP contribution is 2.40. The van der Waals surface area contributed by atoms with Crippen LogP contribution in [0, 0.1) is 6.92 Å². The summed E-state index contributed by atoms with van der Waals surface area (Å²) >= 11 is 0. The molecule has 1 saturated heterocycles. The maximum absolute atomic E-state index is 11.6. The third kappa shape index (κ3) is 7.27. The van der Waals surface area contributed by atoms with E-state index in [0.717, 1.165) is 71.5 Å². The van der Waals surface area contributed by atoms with Crippen molar-refractivity contribution in [3.63, 3.8) is 0 Å². The monoisotopic (exact) mass is 557 g/mol. The van der Waals surface area contributed by atoms with Crippen LogP contribution in [0.5, 0.6) is 5.75 Å². The minimum Gasteiger partial charge on any atom is -0.496 e. The Balaban J connectivity index is 0.000000367. The number of carbonyl (C=O) groups excluding carboxylic acids is 2. The van der Waals surface area contributed by atoms with Gasteiger partial charge in [0.05, 0.1) is 20.3 Å². The lowest BCUT2D eigenvalue weighted by atomic mass is 9.90. The van der Waals surface area contributed by atoms with Crippen molar-refractivity contribution in [1.82, 2.24) is 9.88 Å². The van der Waals surface area contributed by atoms with Gasteiger partial charge in [0, 0.05) is 53.3 Å². The third-order valence-corrected chi connectivity index (χ3v) is 7.49. The molecule has 2 amide bonds. The number of nitrogens with zero attached hydrogens (tertiary/aromatic N) is 1. The number of β-amino-alcohol motifs (C(OH)–C–C–N with tert-alkyl or cyclic N) is 1. The lowest BCUT2D eigenvalue weighted by molar-refractivity contribution is -0.120. The average molecular weight is 558 g/mol. The van der Waals surface area contributed by atoms with Gasteiger partial charge >= 0.3 is 6.09 Å². The number of fused-ring (bicyclic) bond motifs is 1. The van der Waals surface area contributed by atoms with Crippen LogP contribution in [-0.4, -0.2) is 60.9 Å². The van der Waals surface area contributed by atoms with Gasteiger partial charge in [-0.3, -0.25) is 10.1 Å². The number of nitrogens with one attached hydrogen (secondary N) is 2. The second kappa shape index (κ2) is 13.9. The van der Waals surface area contributed by atoms with E-state index in [0.29, 0.717) is 12.5 Å². The summed E-state index contributed by atoms with van der Waals surface area (Å²) in [6.07, 6.45) is 11.5. The SMILES string of the molecule is COC(=O)Nc1ccc(C2=C/c3c(-c4ccccc4OC)c[nH]c3C(C)C\C=C\2)cc1C.O=CN1CCCC(O)C1. The normalized spacial score (nSPS) is 20.1. The fraction of sp³-hybridized carbons (Fsp3) is 0.333. The van der Waals surface area contributed by atoms with Crippen LogP contribution in [0.15, 0.2) is 60.8 Å². The first-order valence-corrected chi connectivity index (χ1v) is 13.9. The zero-order chi connectivity index (χ0) is 29.4. The van der Waals surface area contributed by atoms with E-state index in [4.69, 9.17) is 14.6 Å². The first-order valence-electron chi connectivity index (χ1n) is 13.9. The molecular formula is C33H39N3O5. The Labute approximate surface area is 241 Å². The number of ether oxygens (including phenoxy) is 2. The molecule has 2 aromatic carbocycles. The summed E-state index contributed by atoms with van der Waals surface area (Å²) in [6, 6.07) is 14.1. The Bertz CT molecular complexity index is 1420. The highest BCUT2D eigenvalue weighted by Gasteiger charge is 2.20. The molecule has 0 spiro atoms. The lowest BCUT2D eigenvalue weighted by Crippen LogP contribution is -2.36. The molecule has 3 N–H and O–H groups in total. The quantitative estimate of drug-likeness (QED) is 0.316. The number of hydrogen-bond donors (Lipinski definition) is 3. The van der Waals surface area contributed by atoms with Gasteiger partial charge in [-0.25, -0.2) is 4.79 Å². The van der Waals surface area contributed by atoms with Gasteiger partial charge in [0.2, 0.25) is 6.41 Å². The van der Waals surface area contributed by atoms with Gasteiger partial charge in [-0.15, -0.1) is 0 Å². The Hall–Kier alpha value is -4.30. The lowest BCUT2D eigenvalue weighted by Gasteiger charge is -2.26. The van der Waals surface area contributed by atoms with E-state index in [-0.39, 0.29) is 6.10 Å². The van der Waals surface area contributed by atoms with Gasteiger partial charge in [-0.1, -0.05) is 43.3 Å². The van der Waals surface area contributed by atoms with Crippen molar-refractivity contribution in [3.8, 4) is 16.9 Å². The number of anilines is 1. The summed E-state index contributed by atoms with van der Waals surface area (Å²) in [4.78, 5) is 26.8. The fourth-order valence-corrected chi connectivity index (χ4v) is 5.23.